The van der Waals surface area contributed by atoms with Gasteiger partial charge in [0.25, 0.3) is 0 Å². The second kappa shape index (κ2) is 4.81. The molecule has 0 aliphatic carbocycles. The summed E-state index contributed by atoms with van der Waals surface area (Å²) in [5.74, 6) is -0.381. The Kier molecular flexibility index (Phi) is 3.70. The summed E-state index contributed by atoms with van der Waals surface area (Å²) in [5.41, 5.74) is 1.86. The van der Waals surface area contributed by atoms with Crippen LogP contribution in [0.15, 0.2) is 12.1 Å². The lowest BCUT2D eigenvalue weighted by molar-refractivity contribution is -0.139. The lowest BCUT2D eigenvalue weighted by Crippen LogP contribution is -2.06. The fourth-order valence-corrected chi connectivity index (χ4v) is 1.63. The molecule has 1 aromatic rings. The van der Waals surface area contributed by atoms with Gasteiger partial charge < -0.3 is 4.74 Å². The summed E-state index contributed by atoms with van der Waals surface area (Å²) in [7, 11) is 1.31. The third-order valence-electron chi connectivity index (χ3n) is 2.06. The number of ether oxygens (including phenoxy) is 1. The van der Waals surface area contributed by atoms with Crippen molar-refractivity contribution in [2.24, 2.45) is 0 Å². The number of hydrogen-bond donors (Lipinski definition) is 0. The molecule has 0 amide bonds. The van der Waals surface area contributed by atoms with Crippen LogP contribution in [0.1, 0.15) is 16.7 Å². The number of nitrogens with zero attached hydrogens (tertiary/aromatic N) is 1. The predicted octanol–water partition coefficient (Wildman–Crippen LogP) is 2.24. The van der Waals surface area contributed by atoms with Gasteiger partial charge in [-0.1, -0.05) is 11.6 Å². The average Bonchev–Trinajstić information content (AvgIpc) is 2.17. The number of halogens is 1. The molecule has 0 aromatic heterocycles. The Labute approximate surface area is 93.2 Å². The molecule has 0 N–H and O–H groups in total. The summed E-state index contributed by atoms with van der Waals surface area (Å²) in [4.78, 5) is 11.1. The zero-order valence-electron chi connectivity index (χ0n) is 8.50. The Morgan fingerprint density at radius 1 is 1.60 bits per heavy atom. The first-order chi connectivity index (χ1) is 7.08. The quantitative estimate of drug-likeness (QED) is 0.723. The van der Waals surface area contributed by atoms with Crippen molar-refractivity contribution >= 4 is 17.6 Å². The number of aryl methyl sites for hydroxylation is 1. The van der Waals surface area contributed by atoms with Crippen molar-refractivity contribution in [2.75, 3.05) is 7.11 Å². The molecule has 0 radical (unpaired) electrons. The van der Waals surface area contributed by atoms with Crippen LogP contribution in [0, 0.1) is 18.3 Å². The van der Waals surface area contributed by atoms with Gasteiger partial charge in [-0.15, -0.1) is 0 Å². The van der Waals surface area contributed by atoms with E-state index in [0.29, 0.717) is 16.1 Å². The number of esters is 1. The molecule has 0 fully saturated rings. The molecule has 1 rings (SSSR count). The molecule has 0 aliphatic heterocycles. The van der Waals surface area contributed by atoms with Crippen LogP contribution in [-0.2, 0) is 16.0 Å². The van der Waals surface area contributed by atoms with Crippen molar-refractivity contribution in [1.29, 1.82) is 5.26 Å². The number of methoxy groups -OCH3 is 1. The lowest BCUT2D eigenvalue weighted by Gasteiger charge is -2.06. The number of hydrogen-bond acceptors (Lipinski definition) is 3. The minimum absolute atomic E-state index is 0.0702. The zero-order chi connectivity index (χ0) is 11.4. The van der Waals surface area contributed by atoms with E-state index in [-0.39, 0.29) is 12.4 Å². The van der Waals surface area contributed by atoms with Crippen molar-refractivity contribution in [2.45, 2.75) is 13.3 Å². The Hall–Kier alpha value is -1.53. The number of nitriles is 1. The topological polar surface area (TPSA) is 50.1 Å². The molecule has 0 spiro atoms. The molecule has 0 saturated carbocycles. The van der Waals surface area contributed by atoms with E-state index in [1.165, 1.54) is 7.11 Å². The summed E-state index contributed by atoms with van der Waals surface area (Å²) in [6.07, 6.45) is 0.0702. The molecule has 0 aliphatic rings. The molecule has 0 heterocycles. The van der Waals surface area contributed by atoms with Gasteiger partial charge in [0.1, 0.15) is 0 Å². The van der Waals surface area contributed by atoms with Crippen LogP contribution < -0.4 is 0 Å². The molecule has 1 aromatic carbocycles. The van der Waals surface area contributed by atoms with Gasteiger partial charge in [0, 0.05) is 5.02 Å². The van der Waals surface area contributed by atoms with Gasteiger partial charge in [0.15, 0.2) is 0 Å². The highest BCUT2D eigenvalue weighted by Gasteiger charge is 2.11. The van der Waals surface area contributed by atoms with Gasteiger partial charge in [-0.25, -0.2) is 0 Å². The largest absolute Gasteiger partial charge is 0.469 e. The third-order valence-corrected chi connectivity index (χ3v) is 2.27. The van der Waals surface area contributed by atoms with Gasteiger partial charge in [-0.2, -0.15) is 5.26 Å². The van der Waals surface area contributed by atoms with E-state index in [2.05, 4.69) is 10.8 Å². The van der Waals surface area contributed by atoms with E-state index in [0.717, 1.165) is 5.56 Å². The van der Waals surface area contributed by atoms with E-state index in [9.17, 15) is 4.79 Å². The second-order valence-electron chi connectivity index (χ2n) is 3.12. The number of benzene rings is 1. The van der Waals surface area contributed by atoms with Crippen LogP contribution in [0.2, 0.25) is 5.02 Å². The van der Waals surface area contributed by atoms with Crippen molar-refractivity contribution in [1.82, 2.24) is 0 Å². The predicted molar refractivity (Wildman–Crippen MR) is 56.6 cm³/mol. The maximum atomic E-state index is 11.1. The smallest absolute Gasteiger partial charge is 0.310 e. The van der Waals surface area contributed by atoms with E-state index in [4.69, 9.17) is 16.9 Å². The maximum absolute atomic E-state index is 11.1. The van der Waals surface area contributed by atoms with Gasteiger partial charge in [0.05, 0.1) is 25.2 Å². The van der Waals surface area contributed by atoms with E-state index in [1.807, 2.05) is 0 Å². The molecule has 15 heavy (non-hydrogen) atoms. The molecule has 0 atom stereocenters. The molecule has 0 bridgehead atoms. The van der Waals surface area contributed by atoms with Crippen molar-refractivity contribution in [3.05, 3.63) is 33.8 Å². The van der Waals surface area contributed by atoms with E-state index >= 15 is 0 Å². The summed E-state index contributed by atoms with van der Waals surface area (Å²) >= 11 is 5.84. The highest BCUT2D eigenvalue weighted by Crippen LogP contribution is 2.20. The van der Waals surface area contributed by atoms with Crippen LogP contribution in [0.3, 0.4) is 0 Å². The molecule has 78 valence electrons. The van der Waals surface area contributed by atoms with Crippen LogP contribution >= 0.6 is 11.6 Å². The maximum Gasteiger partial charge on any atom is 0.310 e. The van der Waals surface area contributed by atoms with Crippen LogP contribution in [0.5, 0.6) is 0 Å². The average molecular weight is 224 g/mol. The SMILES string of the molecule is COC(=O)Cc1cc(Cl)cc(C)c1C#N. The minimum atomic E-state index is -0.381. The van der Waals surface area contributed by atoms with Crippen LogP contribution in [0.25, 0.3) is 0 Å². The van der Waals surface area contributed by atoms with E-state index in [1.54, 1.807) is 19.1 Å². The first kappa shape index (κ1) is 11.5. The summed E-state index contributed by atoms with van der Waals surface area (Å²) in [6, 6.07) is 5.36. The number of carbonyl (C=O) groups is 1. The Bertz CT molecular complexity index is 435. The van der Waals surface area contributed by atoms with Crippen molar-refractivity contribution in [3.63, 3.8) is 0 Å². The zero-order valence-corrected chi connectivity index (χ0v) is 9.26. The van der Waals surface area contributed by atoms with Gasteiger partial charge in [-0.05, 0) is 30.2 Å². The molecule has 0 saturated heterocycles. The summed E-state index contributed by atoms with van der Waals surface area (Å²) in [6.45, 7) is 1.78. The molecule has 3 nitrogen and oxygen atoms in total. The first-order valence-electron chi connectivity index (χ1n) is 4.34. The molecule has 4 heteroatoms. The Morgan fingerprint density at radius 2 is 2.27 bits per heavy atom. The third kappa shape index (κ3) is 2.71. The highest BCUT2D eigenvalue weighted by molar-refractivity contribution is 6.30. The van der Waals surface area contributed by atoms with Crippen LogP contribution in [0.4, 0.5) is 0 Å². The van der Waals surface area contributed by atoms with Crippen LogP contribution in [-0.4, -0.2) is 13.1 Å². The fraction of sp³-hybridized carbons (Fsp3) is 0.273. The monoisotopic (exact) mass is 223 g/mol. The first-order valence-corrected chi connectivity index (χ1v) is 4.72. The minimum Gasteiger partial charge on any atom is -0.469 e. The van der Waals surface area contributed by atoms with Crippen molar-refractivity contribution in [3.8, 4) is 6.07 Å². The van der Waals surface area contributed by atoms with Gasteiger partial charge in [-0.3, -0.25) is 4.79 Å². The summed E-state index contributed by atoms with van der Waals surface area (Å²) < 4.78 is 4.54. The Balaban J connectivity index is 3.16. The van der Waals surface area contributed by atoms with Gasteiger partial charge >= 0.3 is 5.97 Å². The number of carbonyl (C=O) groups excluding carboxylic acids is 1. The molecular formula is C11H10ClNO2. The fourth-order valence-electron chi connectivity index (χ4n) is 1.34. The standard InChI is InChI=1S/C11H10ClNO2/c1-7-3-9(12)4-8(10(7)6-13)5-11(14)15-2/h3-4H,5H2,1-2H3. The normalized spacial score (nSPS) is 9.47. The summed E-state index contributed by atoms with van der Waals surface area (Å²) in [5, 5.41) is 9.45. The molecule has 0 unspecified atom stereocenters. The van der Waals surface area contributed by atoms with Gasteiger partial charge in [0.2, 0.25) is 0 Å². The Morgan fingerprint density at radius 3 is 2.80 bits per heavy atom. The van der Waals surface area contributed by atoms with Crippen molar-refractivity contribution < 1.29 is 9.53 Å². The second-order valence-corrected chi connectivity index (χ2v) is 3.56. The lowest BCUT2D eigenvalue weighted by atomic mass is 10.0. The number of rotatable bonds is 2. The van der Waals surface area contributed by atoms with E-state index < -0.39 is 0 Å². The highest BCUT2D eigenvalue weighted by atomic mass is 35.5. The molecular weight excluding hydrogens is 214 g/mol.